The second-order valence-corrected chi connectivity index (χ2v) is 4.96. The maximum absolute atomic E-state index is 5.36. The summed E-state index contributed by atoms with van der Waals surface area (Å²) < 4.78 is 5.36. The molecule has 1 saturated heterocycles. The molecule has 2 atom stereocenters. The van der Waals surface area contributed by atoms with E-state index in [4.69, 9.17) is 4.74 Å². The number of aromatic nitrogens is 1. The quantitative estimate of drug-likeness (QED) is 0.857. The number of pyridine rings is 1. The van der Waals surface area contributed by atoms with Crippen LogP contribution >= 0.6 is 0 Å². The Morgan fingerprint density at radius 3 is 2.78 bits per heavy atom. The topological polar surface area (TPSA) is 37.4 Å². The van der Waals surface area contributed by atoms with Crippen LogP contribution in [-0.4, -0.2) is 48.8 Å². The molecular weight excluding hydrogens is 226 g/mol. The summed E-state index contributed by atoms with van der Waals surface area (Å²) in [5.41, 5.74) is 1.10. The molecule has 0 aliphatic carbocycles. The Balaban J connectivity index is 1.78. The van der Waals surface area contributed by atoms with Crippen LogP contribution in [-0.2, 0) is 4.74 Å². The minimum atomic E-state index is 0.294. The number of hydrogen-bond donors (Lipinski definition) is 1. The van der Waals surface area contributed by atoms with Crippen molar-refractivity contribution in [3.63, 3.8) is 0 Å². The minimum absolute atomic E-state index is 0.294. The Bertz CT molecular complexity index is 338. The van der Waals surface area contributed by atoms with E-state index in [2.05, 4.69) is 35.1 Å². The van der Waals surface area contributed by atoms with Crippen molar-refractivity contribution in [2.24, 2.45) is 0 Å². The molecule has 0 saturated carbocycles. The summed E-state index contributed by atoms with van der Waals surface area (Å²) in [4.78, 5) is 6.83. The molecule has 4 nitrogen and oxygen atoms in total. The smallest absolute Gasteiger partial charge is 0.0594 e. The maximum Gasteiger partial charge on any atom is 0.0594 e. The highest BCUT2D eigenvalue weighted by Gasteiger charge is 2.15. The first-order chi connectivity index (χ1) is 8.75. The summed E-state index contributed by atoms with van der Waals surface area (Å²) in [6.45, 7) is 9.28. The fourth-order valence-electron chi connectivity index (χ4n) is 2.37. The van der Waals surface area contributed by atoms with Crippen molar-refractivity contribution in [1.29, 1.82) is 0 Å². The third kappa shape index (κ3) is 4.05. The van der Waals surface area contributed by atoms with Crippen molar-refractivity contribution in [2.45, 2.75) is 25.9 Å². The largest absolute Gasteiger partial charge is 0.379 e. The molecule has 1 aromatic rings. The van der Waals surface area contributed by atoms with Crippen molar-refractivity contribution in [2.75, 3.05) is 32.8 Å². The van der Waals surface area contributed by atoms with Gasteiger partial charge in [0.2, 0.25) is 0 Å². The number of hydrogen-bond acceptors (Lipinski definition) is 4. The van der Waals surface area contributed by atoms with Crippen LogP contribution in [0.5, 0.6) is 0 Å². The number of nitrogens with zero attached hydrogens (tertiary/aromatic N) is 2. The van der Waals surface area contributed by atoms with Crippen molar-refractivity contribution in [3.8, 4) is 0 Å². The average molecular weight is 249 g/mol. The number of morpholine rings is 1. The molecule has 1 aliphatic rings. The van der Waals surface area contributed by atoms with E-state index < -0.39 is 0 Å². The Hall–Kier alpha value is -0.970. The van der Waals surface area contributed by atoms with Crippen LogP contribution in [0.15, 0.2) is 24.4 Å². The average Bonchev–Trinajstić information content (AvgIpc) is 2.40. The van der Waals surface area contributed by atoms with Crippen LogP contribution in [0.1, 0.15) is 25.6 Å². The van der Waals surface area contributed by atoms with Crippen LogP contribution in [0.2, 0.25) is 0 Å². The molecule has 1 fully saturated rings. The Morgan fingerprint density at radius 1 is 1.33 bits per heavy atom. The van der Waals surface area contributed by atoms with Gasteiger partial charge in [0.25, 0.3) is 0 Å². The summed E-state index contributed by atoms with van der Waals surface area (Å²) >= 11 is 0. The van der Waals surface area contributed by atoms with Crippen LogP contribution in [0.3, 0.4) is 0 Å². The predicted molar refractivity (Wildman–Crippen MR) is 72.5 cm³/mol. The molecular formula is C14H23N3O. The van der Waals surface area contributed by atoms with Gasteiger partial charge in [-0.25, -0.2) is 0 Å². The second-order valence-electron chi connectivity index (χ2n) is 4.96. The summed E-state index contributed by atoms with van der Waals surface area (Å²) in [6.07, 6.45) is 1.85. The van der Waals surface area contributed by atoms with E-state index in [1.807, 2.05) is 18.3 Å². The van der Waals surface area contributed by atoms with Gasteiger partial charge in [-0.3, -0.25) is 9.88 Å². The lowest BCUT2D eigenvalue weighted by Crippen LogP contribution is -2.45. The van der Waals surface area contributed by atoms with Gasteiger partial charge in [0, 0.05) is 37.9 Å². The molecule has 4 heteroatoms. The summed E-state index contributed by atoms with van der Waals surface area (Å²) in [5.74, 6) is 0. The first-order valence-electron chi connectivity index (χ1n) is 6.73. The third-order valence-corrected chi connectivity index (χ3v) is 3.30. The molecule has 1 aliphatic heterocycles. The first-order valence-corrected chi connectivity index (χ1v) is 6.73. The fraction of sp³-hybridized carbons (Fsp3) is 0.643. The molecule has 0 spiro atoms. The summed E-state index contributed by atoms with van der Waals surface area (Å²) in [7, 11) is 0. The Labute approximate surface area is 109 Å². The zero-order valence-electron chi connectivity index (χ0n) is 11.3. The van der Waals surface area contributed by atoms with Crippen LogP contribution in [0.25, 0.3) is 0 Å². The third-order valence-electron chi connectivity index (χ3n) is 3.30. The summed E-state index contributed by atoms with van der Waals surface area (Å²) in [5, 5.41) is 3.60. The highest BCUT2D eigenvalue weighted by Crippen LogP contribution is 2.09. The minimum Gasteiger partial charge on any atom is -0.379 e. The van der Waals surface area contributed by atoms with E-state index in [-0.39, 0.29) is 0 Å². The molecule has 0 radical (unpaired) electrons. The SMILES string of the molecule is CC(CN1CCOCC1)NC(C)c1ccccn1. The molecule has 18 heavy (non-hydrogen) atoms. The first kappa shape index (κ1) is 13.5. The van der Waals surface area contributed by atoms with Gasteiger partial charge in [-0.2, -0.15) is 0 Å². The maximum atomic E-state index is 5.36. The van der Waals surface area contributed by atoms with Gasteiger partial charge < -0.3 is 10.1 Å². The highest BCUT2D eigenvalue weighted by atomic mass is 16.5. The monoisotopic (exact) mass is 249 g/mol. The van der Waals surface area contributed by atoms with E-state index in [1.165, 1.54) is 0 Å². The van der Waals surface area contributed by atoms with Crippen molar-refractivity contribution in [3.05, 3.63) is 30.1 Å². The molecule has 1 aromatic heterocycles. The normalized spacial score (nSPS) is 20.6. The van der Waals surface area contributed by atoms with Gasteiger partial charge in [-0.15, -0.1) is 0 Å². The molecule has 0 bridgehead atoms. The predicted octanol–water partition coefficient (Wildman–Crippen LogP) is 1.45. The lowest BCUT2D eigenvalue weighted by atomic mass is 10.2. The lowest BCUT2D eigenvalue weighted by Gasteiger charge is -2.30. The van der Waals surface area contributed by atoms with E-state index >= 15 is 0 Å². The number of nitrogens with one attached hydrogen (secondary N) is 1. The molecule has 100 valence electrons. The van der Waals surface area contributed by atoms with E-state index in [1.54, 1.807) is 0 Å². The van der Waals surface area contributed by atoms with Gasteiger partial charge in [0.05, 0.1) is 18.9 Å². The van der Waals surface area contributed by atoms with Crippen molar-refractivity contribution in [1.82, 2.24) is 15.2 Å². The summed E-state index contributed by atoms with van der Waals surface area (Å²) in [6, 6.07) is 6.81. The lowest BCUT2D eigenvalue weighted by molar-refractivity contribution is 0.0339. The zero-order chi connectivity index (χ0) is 12.8. The second kappa shape index (κ2) is 6.83. The fourth-order valence-corrected chi connectivity index (χ4v) is 2.37. The van der Waals surface area contributed by atoms with E-state index in [9.17, 15) is 0 Å². The van der Waals surface area contributed by atoms with Crippen molar-refractivity contribution >= 4 is 0 Å². The van der Waals surface area contributed by atoms with Gasteiger partial charge in [-0.1, -0.05) is 6.07 Å². The molecule has 0 amide bonds. The van der Waals surface area contributed by atoms with Gasteiger partial charge in [0.15, 0.2) is 0 Å². The number of ether oxygens (including phenoxy) is 1. The number of rotatable bonds is 5. The van der Waals surface area contributed by atoms with Gasteiger partial charge in [-0.05, 0) is 26.0 Å². The molecule has 2 unspecified atom stereocenters. The van der Waals surface area contributed by atoms with Gasteiger partial charge >= 0.3 is 0 Å². The molecule has 1 N–H and O–H groups in total. The molecule has 2 heterocycles. The van der Waals surface area contributed by atoms with Crippen LogP contribution in [0.4, 0.5) is 0 Å². The Kier molecular flexibility index (Phi) is 5.11. The van der Waals surface area contributed by atoms with E-state index in [0.29, 0.717) is 12.1 Å². The van der Waals surface area contributed by atoms with E-state index in [0.717, 1.165) is 38.5 Å². The van der Waals surface area contributed by atoms with Crippen molar-refractivity contribution < 1.29 is 4.74 Å². The standard InChI is InChI=1S/C14H23N3O/c1-12(11-17-7-9-18-10-8-17)16-13(2)14-5-3-4-6-15-14/h3-6,12-13,16H,7-11H2,1-2H3. The molecule has 0 aromatic carbocycles. The molecule has 2 rings (SSSR count). The highest BCUT2D eigenvalue weighted by molar-refractivity contribution is 5.07. The Morgan fingerprint density at radius 2 is 2.11 bits per heavy atom. The zero-order valence-corrected chi connectivity index (χ0v) is 11.3. The van der Waals surface area contributed by atoms with Gasteiger partial charge in [0.1, 0.15) is 0 Å². The van der Waals surface area contributed by atoms with Crippen LogP contribution < -0.4 is 5.32 Å². The van der Waals surface area contributed by atoms with Crippen LogP contribution in [0, 0.1) is 0 Å².